The summed E-state index contributed by atoms with van der Waals surface area (Å²) in [5.74, 6) is 0.888. The van der Waals surface area contributed by atoms with E-state index in [1.807, 2.05) is 6.07 Å². The van der Waals surface area contributed by atoms with Crippen LogP contribution < -0.4 is 15.3 Å². The lowest BCUT2D eigenvalue weighted by Crippen LogP contribution is -2.20. The quantitative estimate of drug-likeness (QED) is 0.303. The van der Waals surface area contributed by atoms with Crippen molar-refractivity contribution < 1.29 is 4.74 Å². The minimum atomic E-state index is 0.591. The molecular weight excluding hydrogens is 422 g/mol. The number of aryl methyl sites for hydroxylation is 1. The highest BCUT2D eigenvalue weighted by Gasteiger charge is 2.16. The van der Waals surface area contributed by atoms with Crippen LogP contribution in [0.5, 0.6) is 5.75 Å². The summed E-state index contributed by atoms with van der Waals surface area (Å²) in [6.45, 7) is 17.7. The van der Waals surface area contributed by atoms with Crippen LogP contribution in [0.15, 0.2) is 74.0 Å². The van der Waals surface area contributed by atoms with Gasteiger partial charge in [0, 0.05) is 9.79 Å². The van der Waals surface area contributed by atoms with Gasteiger partial charge in [0.2, 0.25) is 0 Å². The number of allylic oxidation sites excluding steroid dienone is 5. The average Bonchev–Trinajstić information content (AvgIpc) is 2.76. The van der Waals surface area contributed by atoms with Crippen LogP contribution >= 0.6 is 11.8 Å². The van der Waals surface area contributed by atoms with Crippen LogP contribution in [0.25, 0.3) is 6.58 Å². The molecule has 0 amide bonds. The average molecular weight is 460 g/mol. The molecule has 3 heteroatoms. The standard InChI is InChI=1S/C30H37NOS/c1-20(2)10-8-11-21(3)12-9-13-22(4)16-17-32-26-14-15-27-28(19-26)33-30-25(7)23(5)18-24(6)29(30)31-27/h10,12,14-16,18-19H,5,8-9,11,13,17H2,1-4,6-7H3/b21-12+,22-16+. The highest BCUT2D eigenvalue weighted by Crippen LogP contribution is 2.39. The Kier molecular flexibility index (Phi) is 8.80. The number of fused-ring (bicyclic) bond motifs is 2. The first-order valence-electron chi connectivity index (χ1n) is 11.8. The molecule has 0 aromatic heterocycles. The molecule has 174 valence electrons. The van der Waals surface area contributed by atoms with Gasteiger partial charge in [-0.1, -0.05) is 53.3 Å². The van der Waals surface area contributed by atoms with E-state index in [1.54, 1.807) is 11.8 Å². The fraction of sp³-hybridized carbons (Fsp3) is 0.367. The zero-order chi connectivity index (χ0) is 24.0. The van der Waals surface area contributed by atoms with E-state index in [4.69, 9.17) is 9.73 Å². The number of rotatable bonds is 9. The molecular formula is C30H37NOS. The van der Waals surface area contributed by atoms with Crippen molar-refractivity contribution in [3.05, 3.63) is 80.9 Å². The molecule has 0 unspecified atom stereocenters. The molecule has 2 nitrogen and oxygen atoms in total. The molecule has 1 heterocycles. The van der Waals surface area contributed by atoms with E-state index in [0.717, 1.165) is 52.6 Å². The molecule has 1 aliphatic heterocycles. The van der Waals surface area contributed by atoms with Crippen molar-refractivity contribution in [3.8, 4) is 5.75 Å². The largest absolute Gasteiger partial charge is 0.489 e. The van der Waals surface area contributed by atoms with Gasteiger partial charge in [-0.15, -0.1) is 0 Å². The van der Waals surface area contributed by atoms with Crippen molar-refractivity contribution >= 4 is 24.0 Å². The van der Waals surface area contributed by atoms with Gasteiger partial charge in [-0.3, -0.25) is 0 Å². The third kappa shape index (κ3) is 6.98. The van der Waals surface area contributed by atoms with Crippen molar-refractivity contribution in [1.29, 1.82) is 0 Å². The first-order chi connectivity index (χ1) is 15.7. The Morgan fingerprint density at radius 1 is 0.970 bits per heavy atom. The summed E-state index contributed by atoms with van der Waals surface area (Å²) in [6, 6.07) is 8.32. The number of hydrogen-bond acceptors (Lipinski definition) is 3. The Labute approximate surface area is 203 Å². The summed E-state index contributed by atoms with van der Waals surface area (Å²) in [7, 11) is 0. The molecule has 0 saturated heterocycles. The number of nitrogens with zero attached hydrogens (tertiary/aromatic N) is 1. The third-order valence-electron chi connectivity index (χ3n) is 5.98. The highest BCUT2D eigenvalue weighted by molar-refractivity contribution is 7.99. The lowest BCUT2D eigenvalue weighted by Gasteiger charge is -2.17. The first-order valence-corrected chi connectivity index (χ1v) is 12.6. The number of benzene rings is 2. The van der Waals surface area contributed by atoms with Gasteiger partial charge < -0.3 is 4.74 Å². The Hall–Kier alpha value is -2.52. The number of ether oxygens (including phenoxy) is 1. The maximum Gasteiger partial charge on any atom is 0.121 e. The van der Waals surface area contributed by atoms with Crippen molar-refractivity contribution in [2.24, 2.45) is 4.99 Å². The molecule has 0 bridgehead atoms. The normalized spacial score (nSPS) is 13.2. The minimum absolute atomic E-state index is 0.591. The van der Waals surface area contributed by atoms with Gasteiger partial charge >= 0.3 is 0 Å². The first kappa shape index (κ1) is 25.1. The third-order valence-corrected chi connectivity index (χ3v) is 7.23. The summed E-state index contributed by atoms with van der Waals surface area (Å²) >= 11 is 1.77. The van der Waals surface area contributed by atoms with Gasteiger partial charge in [0.25, 0.3) is 0 Å². The van der Waals surface area contributed by atoms with Gasteiger partial charge in [-0.2, -0.15) is 0 Å². The molecule has 0 atom stereocenters. The molecule has 33 heavy (non-hydrogen) atoms. The van der Waals surface area contributed by atoms with Crippen molar-refractivity contribution in [2.45, 2.75) is 77.0 Å². The van der Waals surface area contributed by atoms with Gasteiger partial charge in [0.15, 0.2) is 0 Å². The Balaban J connectivity index is 1.56. The fourth-order valence-corrected chi connectivity index (χ4v) is 5.01. The summed E-state index contributed by atoms with van der Waals surface area (Å²) in [5, 5.41) is 2.15. The summed E-state index contributed by atoms with van der Waals surface area (Å²) in [4.78, 5) is 7.26. The fourth-order valence-electron chi connectivity index (χ4n) is 3.81. The summed E-state index contributed by atoms with van der Waals surface area (Å²) < 4.78 is 6.05. The zero-order valence-electron chi connectivity index (χ0n) is 21.0. The molecule has 0 radical (unpaired) electrons. The second kappa shape index (κ2) is 11.6. The van der Waals surface area contributed by atoms with E-state index in [-0.39, 0.29) is 0 Å². The van der Waals surface area contributed by atoms with Crippen LogP contribution in [0, 0.1) is 13.8 Å². The highest BCUT2D eigenvalue weighted by atomic mass is 32.2. The second-order valence-electron chi connectivity index (χ2n) is 9.27. The van der Waals surface area contributed by atoms with Gasteiger partial charge in [-0.25, -0.2) is 4.99 Å². The Morgan fingerprint density at radius 3 is 2.39 bits per heavy atom. The van der Waals surface area contributed by atoms with Crippen LogP contribution in [0.1, 0.15) is 64.5 Å². The topological polar surface area (TPSA) is 21.6 Å². The molecule has 0 saturated carbocycles. The molecule has 2 aromatic rings. The minimum Gasteiger partial charge on any atom is -0.489 e. The maximum atomic E-state index is 6.05. The zero-order valence-corrected chi connectivity index (χ0v) is 21.9. The Morgan fingerprint density at radius 2 is 1.67 bits per heavy atom. The van der Waals surface area contributed by atoms with Crippen LogP contribution in [-0.4, -0.2) is 6.61 Å². The lowest BCUT2D eigenvalue weighted by molar-refractivity contribution is 0.361. The lowest BCUT2D eigenvalue weighted by atomic mass is 10.1. The van der Waals surface area contributed by atoms with Gasteiger partial charge in [-0.05, 0) is 108 Å². The summed E-state index contributed by atoms with van der Waals surface area (Å²) in [6.07, 6.45) is 11.3. The molecule has 0 spiro atoms. The maximum absolute atomic E-state index is 6.05. The predicted molar refractivity (Wildman–Crippen MR) is 143 cm³/mol. The molecule has 0 aliphatic carbocycles. The molecule has 3 rings (SSSR count). The second-order valence-corrected chi connectivity index (χ2v) is 10.3. The van der Waals surface area contributed by atoms with Gasteiger partial charge in [0.05, 0.1) is 11.0 Å². The van der Waals surface area contributed by atoms with E-state index in [0.29, 0.717) is 6.61 Å². The Bertz CT molecular complexity index is 1210. The monoisotopic (exact) mass is 459 g/mol. The van der Waals surface area contributed by atoms with Crippen molar-refractivity contribution in [2.75, 3.05) is 6.61 Å². The van der Waals surface area contributed by atoms with Crippen LogP contribution in [0.4, 0.5) is 5.69 Å². The van der Waals surface area contributed by atoms with Crippen LogP contribution in [0.3, 0.4) is 0 Å². The number of hydrogen-bond donors (Lipinski definition) is 0. The molecule has 0 fully saturated rings. The van der Waals surface area contributed by atoms with Crippen LogP contribution in [-0.2, 0) is 0 Å². The molecule has 1 aliphatic rings. The van der Waals surface area contributed by atoms with E-state index in [2.05, 4.69) is 84.5 Å². The predicted octanol–water partition coefficient (Wildman–Crippen LogP) is 7.93. The van der Waals surface area contributed by atoms with Crippen LogP contribution in [0.2, 0.25) is 0 Å². The molecule has 0 N–H and O–H groups in total. The molecule has 2 aromatic carbocycles. The summed E-state index contributed by atoms with van der Waals surface area (Å²) in [5.41, 5.74) is 7.65. The van der Waals surface area contributed by atoms with Gasteiger partial charge in [0.1, 0.15) is 12.4 Å². The van der Waals surface area contributed by atoms with Crippen molar-refractivity contribution in [3.63, 3.8) is 0 Å². The van der Waals surface area contributed by atoms with E-state index < -0.39 is 0 Å². The SMILES string of the molecule is C=c1cc(C)c2c(c1C)Sc1cc(OC/C=C(\C)CC/C=C(\C)CCC=C(C)C)ccc1N=2. The smallest absolute Gasteiger partial charge is 0.121 e. The van der Waals surface area contributed by atoms with Crippen molar-refractivity contribution in [1.82, 2.24) is 0 Å². The van der Waals surface area contributed by atoms with E-state index in [1.165, 1.54) is 32.7 Å². The van der Waals surface area contributed by atoms with E-state index >= 15 is 0 Å². The van der Waals surface area contributed by atoms with E-state index in [9.17, 15) is 0 Å².